The van der Waals surface area contributed by atoms with Gasteiger partial charge < -0.3 is 15.8 Å². The van der Waals surface area contributed by atoms with E-state index in [-0.39, 0.29) is 23.7 Å². The van der Waals surface area contributed by atoms with E-state index >= 15 is 0 Å². The minimum atomic E-state index is -0.581. The van der Waals surface area contributed by atoms with Gasteiger partial charge in [-0.15, -0.1) is 0 Å². The molecule has 3 N–H and O–H groups in total. The second-order valence-electron chi connectivity index (χ2n) is 6.61. The molecule has 0 aromatic heterocycles. The van der Waals surface area contributed by atoms with Crippen molar-refractivity contribution in [1.82, 2.24) is 5.32 Å². The summed E-state index contributed by atoms with van der Waals surface area (Å²) >= 11 is 0. The number of hydrogen-bond donors (Lipinski definition) is 2. The first kappa shape index (κ1) is 13.4. The zero-order valence-electron chi connectivity index (χ0n) is 12.0. The van der Waals surface area contributed by atoms with Crippen LogP contribution in [0.3, 0.4) is 0 Å². The Labute approximate surface area is 119 Å². The van der Waals surface area contributed by atoms with E-state index in [1.54, 1.807) is 0 Å². The zero-order chi connectivity index (χ0) is 14.5. The molecule has 2 saturated heterocycles. The molecule has 3 aliphatic heterocycles. The second-order valence-corrected chi connectivity index (χ2v) is 6.61. The summed E-state index contributed by atoms with van der Waals surface area (Å²) in [6, 6.07) is 2.25. The fraction of sp³-hybridized carbons (Fsp3) is 0.733. The third kappa shape index (κ3) is 1.61. The minimum absolute atomic E-state index is 0.00898. The van der Waals surface area contributed by atoms with E-state index in [1.807, 2.05) is 0 Å². The van der Waals surface area contributed by atoms with Crippen LogP contribution in [0.5, 0.6) is 0 Å². The molecule has 2 fully saturated rings. The molecule has 0 radical (unpaired) electrons. The van der Waals surface area contributed by atoms with Crippen molar-refractivity contribution in [3.05, 3.63) is 11.3 Å². The standard InChI is InChI=1S/C15H21N3O2/c1-8(2)5-9-11-7-20-4-3-15(11)10(6-16)13(17)12(9)14(19)18-15/h8-9,11-12H,3-5,7,17H2,1-2H3,(H,18,19)/t9-,11?,12+,15+/m0/s1. The molecule has 1 aliphatic carbocycles. The molecule has 5 heteroatoms. The van der Waals surface area contributed by atoms with E-state index in [0.717, 1.165) is 6.42 Å². The van der Waals surface area contributed by atoms with Crippen LogP contribution in [0.4, 0.5) is 0 Å². The lowest BCUT2D eigenvalue weighted by Gasteiger charge is -2.57. The molecule has 0 aromatic rings. The van der Waals surface area contributed by atoms with Gasteiger partial charge >= 0.3 is 0 Å². The summed E-state index contributed by atoms with van der Waals surface area (Å²) in [5.74, 6) is 0.472. The van der Waals surface area contributed by atoms with E-state index in [2.05, 4.69) is 25.2 Å². The van der Waals surface area contributed by atoms with Crippen LogP contribution in [0.25, 0.3) is 0 Å². The van der Waals surface area contributed by atoms with E-state index in [9.17, 15) is 10.1 Å². The van der Waals surface area contributed by atoms with Crippen LogP contribution in [0, 0.1) is 35.0 Å². The molecule has 5 nitrogen and oxygen atoms in total. The number of carbonyl (C=O) groups excluding carboxylic acids is 1. The first-order valence-corrected chi connectivity index (χ1v) is 7.31. The highest BCUT2D eigenvalue weighted by Gasteiger charge is 2.61. The molecule has 4 rings (SSSR count). The van der Waals surface area contributed by atoms with Crippen molar-refractivity contribution in [2.75, 3.05) is 13.2 Å². The van der Waals surface area contributed by atoms with Gasteiger partial charge in [-0.2, -0.15) is 5.26 Å². The predicted octanol–water partition coefficient (Wildman–Crippen LogP) is 0.920. The smallest absolute Gasteiger partial charge is 0.230 e. The van der Waals surface area contributed by atoms with Crippen LogP contribution in [0.15, 0.2) is 11.3 Å². The minimum Gasteiger partial charge on any atom is -0.401 e. The van der Waals surface area contributed by atoms with Crippen molar-refractivity contribution >= 4 is 5.91 Å². The molecule has 0 aromatic carbocycles. The highest BCUT2D eigenvalue weighted by molar-refractivity contribution is 5.87. The average Bonchev–Trinajstić information content (AvgIpc) is 2.37. The van der Waals surface area contributed by atoms with Crippen LogP contribution in [-0.4, -0.2) is 24.7 Å². The summed E-state index contributed by atoms with van der Waals surface area (Å²) < 4.78 is 5.64. The third-order valence-corrected chi connectivity index (χ3v) is 5.07. The Morgan fingerprint density at radius 2 is 2.35 bits per heavy atom. The molecule has 108 valence electrons. The van der Waals surface area contributed by atoms with Crippen LogP contribution in [-0.2, 0) is 9.53 Å². The molecule has 20 heavy (non-hydrogen) atoms. The fourth-order valence-electron chi connectivity index (χ4n) is 4.31. The van der Waals surface area contributed by atoms with Crippen molar-refractivity contribution < 1.29 is 9.53 Å². The molecular weight excluding hydrogens is 254 g/mol. The maximum atomic E-state index is 12.4. The Kier molecular flexibility index (Phi) is 3.02. The number of nitrogens with two attached hydrogens (primary N) is 1. The third-order valence-electron chi connectivity index (χ3n) is 5.07. The van der Waals surface area contributed by atoms with E-state index < -0.39 is 5.54 Å². The Morgan fingerprint density at radius 3 is 3.00 bits per heavy atom. The Balaban J connectivity index is 2.12. The van der Waals surface area contributed by atoms with Gasteiger partial charge in [0.25, 0.3) is 0 Å². The van der Waals surface area contributed by atoms with Crippen LogP contribution in [0.2, 0.25) is 0 Å². The number of ether oxygens (including phenoxy) is 1. The number of amides is 1. The Bertz CT molecular complexity index is 520. The van der Waals surface area contributed by atoms with Gasteiger partial charge in [-0.05, 0) is 24.7 Å². The summed E-state index contributed by atoms with van der Waals surface area (Å²) in [7, 11) is 0. The molecule has 3 heterocycles. The number of nitrogens with one attached hydrogen (secondary N) is 1. The van der Waals surface area contributed by atoms with Crippen molar-refractivity contribution in [2.24, 2.45) is 29.4 Å². The first-order chi connectivity index (χ1) is 9.51. The summed E-state index contributed by atoms with van der Waals surface area (Å²) in [5, 5.41) is 12.6. The molecule has 1 spiro atoms. The maximum Gasteiger partial charge on any atom is 0.230 e. The van der Waals surface area contributed by atoms with E-state index in [4.69, 9.17) is 10.5 Å². The molecule has 0 saturated carbocycles. The lowest BCUT2D eigenvalue weighted by atomic mass is 9.55. The predicted molar refractivity (Wildman–Crippen MR) is 73.1 cm³/mol. The highest BCUT2D eigenvalue weighted by atomic mass is 16.5. The lowest BCUT2D eigenvalue weighted by Crippen LogP contribution is -2.71. The summed E-state index contributed by atoms with van der Waals surface area (Å²) in [6.45, 7) is 5.48. The van der Waals surface area contributed by atoms with Crippen LogP contribution in [0.1, 0.15) is 26.7 Å². The summed E-state index contributed by atoms with van der Waals surface area (Å²) in [5.41, 5.74) is 6.69. The fourth-order valence-corrected chi connectivity index (χ4v) is 4.31. The van der Waals surface area contributed by atoms with Gasteiger partial charge in [-0.3, -0.25) is 4.79 Å². The first-order valence-electron chi connectivity index (χ1n) is 7.31. The number of carbonyl (C=O) groups is 1. The summed E-state index contributed by atoms with van der Waals surface area (Å²) in [4.78, 5) is 12.4. The number of rotatable bonds is 2. The summed E-state index contributed by atoms with van der Waals surface area (Å²) in [6.07, 6.45) is 1.58. The number of piperidine rings is 1. The SMILES string of the molecule is CC(C)C[C@H]1C2COCC[C@]23NC(=O)[C@H]1C(N)=C3C#N. The zero-order valence-corrected chi connectivity index (χ0v) is 12.0. The van der Waals surface area contributed by atoms with Crippen molar-refractivity contribution in [2.45, 2.75) is 32.2 Å². The van der Waals surface area contributed by atoms with Gasteiger partial charge in [-0.1, -0.05) is 13.8 Å². The molecule has 1 amide bonds. The van der Waals surface area contributed by atoms with Crippen molar-refractivity contribution in [1.29, 1.82) is 5.26 Å². The highest BCUT2D eigenvalue weighted by Crippen LogP contribution is 2.52. The molecule has 1 unspecified atom stereocenters. The van der Waals surface area contributed by atoms with Crippen LogP contribution < -0.4 is 11.1 Å². The topological polar surface area (TPSA) is 88.1 Å². The van der Waals surface area contributed by atoms with Gasteiger partial charge in [0.05, 0.1) is 29.7 Å². The van der Waals surface area contributed by atoms with Crippen molar-refractivity contribution in [3.63, 3.8) is 0 Å². The van der Waals surface area contributed by atoms with Crippen molar-refractivity contribution in [3.8, 4) is 6.07 Å². The quantitative estimate of drug-likeness (QED) is 0.784. The average molecular weight is 275 g/mol. The van der Waals surface area contributed by atoms with E-state index in [0.29, 0.717) is 36.8 Å². The van der Waals surface area contributed by atoms with Gasteiger partial charge in [0, 0.05) is 18.2 Å². The van der Waals surface area contributed by atoms with Gasteiger partial charge in [-0.25, -0.2) is 0 Å². The van der Waals surface area contributed by atoms with Crippen LogP contribution >= 0.6 is 0 Å². The molecular formula is C15H21N3O2. The normalized spacial score (nSPS) is 39.5. The molecule has 4 atom stereocenters. The number of fused-ring (bicyclic) bond motifs is 1. The van der Waals surface area contributed by atoms with E-state index in [1.165, 1.54) is 0 Å². The number of nitrogens with zero attached hydrogens (tertiary/aromatic N) is 1. The number of nitriles is 1. The van der Waals surface area contributed by atoms with Gasteiger partial charge in [0.1, 0.15) is 0 Å². The van der Waals surface area contributed by atoms with Gasteiger partial charge in [0.2, 0.25) is 5.91 Å². The monoisotopic (exact) mass is 275 g/mol. The molecule has 4 aliphatic rings. The maximum absolute atomic E-state index is 12.4. The molecule has 2 bridgehead atoms. The van der Waals surface area contributed by atoms with Gasteiger partial charge in [0.15, 0.2) is 0 Å². The Hall–Kier alpha value is -1.54. The lowest BCUT2D eigenvalue weighted by molar-refractivity contribution is -0.143. The Morgan fingerprint density at radius 1 is 1.60 bits per heavy atom. The largest absolute Gasteiger partial charge is 0.401 e. The second kappa shape index (κ2) is 4.49. The number of hydrogen-bond acceptors (Lipinski definition) is 4.